The van der Waals surface area contributed by atoms with Crippen LogP contribution in [0.15, 0.2) is 0 Å². The van der Waals surface area contributed by atoms with Gasteiger partial charge in [-0.15, -0.1) is 0 Å². The van der Waals surface area contributed by atoms with Crippen LogP contribution < -0.4 is 0 Å². The summed E-state index contributed by atoms with van der Waals surface area (Å²) in [5, 5.41) is 9.78. The second kappa shape index (κ2) is 6.19. The first-order chi connectivity index (χ1) is 7.89. The predicted octanol–water partition coefficient (Wildman–Crippen LogP) is 3.62. The van der Waals surface area contributed by atoms with E-state index in [1.807, 2.05) is 0 Å². The highest BCUT2D eigenvalue weighted by Crippen LogP contribution is 2.44. The topological polar surface area (TPSA) is 29.5 Å². The lowest BCUT2D eigenvalue weighted by Crippen LogP contribution is -2.46. The lowest BCUT2D eigenvalue weighted by atomic mass is 9.64. The molecule has 4 atom stereocenters. The van der Waals surface area contributed by atoms with Crippen molar-refractivity contribution in [1.82, 2.24) is 0 Å². The van der Waals surface area contributed by atoms with Crippen molar-refractivity contribution in [3.63, 3.8) is 0 Å². The standard InChI is InChI=1S/C15H30O2/c1-6-7-13(16)10-17-14-11(2)8-9-12(3)15(14,4)5/h11-14,16H,6-10H2,1-5H3/t11-,12-,13-,14+/m1/s1. The van der Waals surface area contributed by atoms with Crippen molar-refractivity contribution < 1.29 is 9.84 Å². The maximum Gasteiger partial charge on any atom is 0.0773 e. The van der Waals surface area contributed by atoms with Gasteiger partial charge >= 0.3 is 0 Å². The van der Waals surface area contributed by atoms with Crippen molar-refractivity contribution in [3.8, 4) is 0 Å². The molecule has 17 heavy (non-hydrogen) atoms. The van der Waals surface area contributed by atoms with Crippen molar-refractivity contribution in [2.24, 2.45) is 17.3 Å². The fourth-order valence-corrected chi connectivity index (χ4v) is 3.06. The van der Waals surface area contributed by atoms with Crippen molar-refractivity contribution in [3.05, 3.63) is 0 Å². The average Bonchev–Trinajstić information content (AvgIpc) is 2.24. The molecule has 1 fully saturated rings. The molecule has 0 unspecified atom stereocenters. The van der Waals surface area contributed by atoms with Gasteiger partial charge in [0.05, 0.1) is 18.8 Å². The monoisotopic (exact) mass is 242 g/mol. The van der Waals surface area contributed by atoms with Gasteiger partial charge < -0.3 is 9.84 Å². The van der Waals surface area contributed by atoms with Gasteiger partial charge in [-0.2, -0.15) is 0 Å². The molecule has 1 N–H and O–H groups in total. The molecule has 0 saturated heterocycles. The van der Waals surface area contributed by atoms with E-state index in [0.717, 1.165) is 12.8 Å². The van der Waals surface area contributed by atoms with Gasteiger partial charge in [-0.3, -0.25) is 0 Å². The van der Waals surface area contributed by atoms with Crippen LogP contribution in [0.4, 0.5) is 0 Å². The maximum absolute atomic E-state index is 9.78. The van der Waals surface area contributed by atoms with E-state index in [2.05, 4.69) is 34.6 Å². The molecule has 2 nitrogen and oxygen atoms in total. The Bertz CT molecular complexity index is 225. The summed E-state index contributed by atoms with van der Waals surface area (Å²) in [6.07, 6.45) is 4.41. The van der Waals surface area contributed by atoms with E-state index < -0.39 is 0 Å². The van der Waals surface area contributed by atoms with Crippen LogP contribution in [0.5, 0.6) is 0 Å². The zero-order valence-corrected chi connectivity index (χ0v) is 12.2. The van der Waals surface area contributed by atoms with Crippen molar-refractivity contribution in [2.45, 2.75) is 72.5 Å². The summed E-state index contributed by atoms with van der Waals surface area (Å²) >= 11 is 0. The number of aliphatic hydroxyl groups is 1. The van der Waals surface area contributed by atoms with E-state index in [4.69, 9.17) is 4.74 Å². The third-order valence-electron chi connectivity index (χ3n) is 4.67. The molecule has 0 aromatic carbocycles. The van der Waals surface area contributed by atoms with Gasteiger partial charge in [0.25, 0.3) is 0 Å². The van der Waals surface area contributed by atoms with Crippen LogP contribution in [0.2, 0.25) is 0 Å². The van der Waals surface area contributed by atoms with Crippen molar-refractivity contribution in [2.75, 3.05) is 6.61 Å². The molecule has 0 spiro atoms. The molecule has 0 amide bonds. The smallest absolute Gasteiger partial charge is 0.0773 e. The SMILES string of the molecule is CCC[C@@H](O)CO[C@H]1[C@H](C)CC[C@@H](C)C1(C)C. The van der Waals surface area contributed by atoms with Crippen LogP contribution in [-0.4, -0.2) is 23.9 Å². The van der Waals surface area contributed by atoms with Gasteiger partial charge in [-0.1, -0.05) is 41.0 Å². The van der Waals surface area contributed by atoms with Crippen LogP contribution in [0.25, 0.3) is 0 Å². The summed E-state index contributed by atoms with van der Waals surface area (Å²) in [6.45, 7) is 11.8. The minimum absolute atomic E-state index is 0.226. The Morgan fingerprint density at radius 3 is 2.53 bits per heavy atom. The second-order valence-corrected chi connectivity index (χ2v) is 6.47. The minimum atomic E-state index is -0.291. The summed E-state index contributed by atoms with van der Waals surface area (Å²) < 4.78 is 6.05. The van der Waals surface area contributed by atoms with E-state index in [1.54, 1.807) is 0 Å². The van der Waals surface area contributed by atoms with Gasteiger partial charge in [-0.25, -0.2) is 0 Å². The summed E-state index contributed by atoms with van der Waals surface area (Å²) in [7, 11) is 0. The quantitative estimate of drug-likeness (QED) is 0.798. The lowest BCUT2D eigenvalue weighted by Gasteiger charge is -2.47. The molecule has 0 aromatic rings. The van der Waals surface area contributed by atoms with E-state index >= 15 is 0 Å². The highest BCUT2D eigenvalue weighted by molar-refractivity contribution is 4.91. The molecule has 0 heterocycles. The lowest BCUT2D eigenvalue weighted by molar-refractivity contribution is -0.123. The molecule has 1 rings (SSSR count). The van der Waals surface area contributed by atoms with Crippen LogP contribution in [-0.2, 0) is 4.74 Å². The maximum atomic E-state index is 9.78. The first kappa shape index (κ1) is 15.0. The first-order valence-electron chi connectivity index (χ1n) is 7.19. The Hall–Kier alpha value is -0.0800. The number of ether oxygens (including phenoxy) is 1. The normalized spacial score (nSPS) is 34.6. The highest BCUT2D eigenvalue weighted by atomic mass is 16.5. The third kappa shape index (κ3) is 3.69. The summed E-state index contributed by atoms with van der Waals surface area (Å²) in [5.41, 5.74) is 0.226. The Balaban J connectivity index is 2.53. The Morgan fingerprint density at radius 1 is 1.29 bits per heavy atom. The molecule has 1 aliphatic carbocycles. The molecule has 0 aliphatic heterocycles. The van der Waals surface area contributed by atoms with Crippen LogP contribution in [0.1, 0.15) is 60.3 Å². The zero-order valence-electron chi connectivity index (χ0n) is 12.2. The fraction of sp³-hybridized carbons (Fsp3) is 1.00. The number of rotatable bonds is 5. The van der Waals surface area contributed by atoms with Crippen LogP contribution in [0.3, 0.4) is 0 Å². The van der Waals surface area contributed by atoms with Gasteiger partial charge in [0, 0.05) is 0 Å². The van der Waals surface area contributed by atoms with Gasteiger partial charge in [0.1, 0.15) is 0 Å². The van der Waals surface area contributed by atoms with Crippen molar-refractivity contribution in [1.29, 1.82) is 0 Å². The van der Waals surface area contributed by atoms with Crippen LogP contribution >= 0.6 is 0 Å². The molecule has 0 bridgehead atoms. The van der Waals surface area contributed by atoms with Gasteiger partial charge in [0.15, 0.2) is 0 Å². The van der Waals surface area contributed by atoms with Crippen molar-refractivity contribution >= 4 is 0 Å². The number of hydrogen-bond donors (Lipinski definition) is 1. The molecule has 102 valence electrons. The van der Waals surface area contributed by atoms with Gasteiger partial charge in [-0.05, 0) is 36.5 Å². The molecule has 1 saturated carbocycles. The molecule has 0 radical (unpaired) electrons. The van der Waals surface area contributed by atoms with E-state index in [1.165, 1.54) is 12.8 Å². The molecular formula is C15H30O2. The largest absolute Gasteiger partial charge is 0.391 e. The fourth-order valence-electron chi connectivity index (χ4n) is 3.06. The molecular weight excluding hydrogens is 212 g/mol. The third-order valence-corrected chi connectivity index (χ3v) is 4.67. The summed E-state index contributed by atoms with van der Waals surface area (Å²) in [4.78, 5) is 0. The molecule has 0 aromatic heterocycles. The van der Waals surface area contributed by atoms with Gasteiger partial charge in [0.2, 0.25) is 0 Å². The second-order valence-electron chi connectivity index (χ2n) is 6.47. The van der Waals surface area contributed by atoms with E-state index in [0.29, 0.717) is 18.4 Å². The van der Waals surface area contributed by atoms with E-state index in [9.17, 15) is 5.11 Å². The molecule has 1 aliphatic rings. The first-order valence-corrected chi connectivity index (χ1v) is 7.19. The average molecular weight is 242 g/mol. The Labute approximate surface area is 107 Å². The summed E-state index contributed by atoms with van der Waals surface area (Å²) in [5.74, 6) is 1.31. The molecule has 2 heteroatoms. The zero-order chi connectivity index (χ0) is 13.1. The van der Waals surface area contributed by atoms with E-state index in [-0.39, 0.29) is 17.6 Å². The Kier molecular flexibility index (Phi) is 5.46. The Morgan fingerprint density at radius 2 is 1.94 bits per heavy atom. The number of hydrogen-bond acceptors (Lipinski definition) is 2. The summed E-state index contributed by atoms with van der Waals surface area (Å²) in [6, 6.07) is 0. The minimum Gasteiger partial charge on any atom is -0.391 e. The number of aliphatic hydroxyl groups excluding tert-OH is 1. The van der Waals surface area contributed by atoms with Crippen LogP contribution in [0, 0.1) is 17.3 Å². The highest BCUT2D eigenvalue weighted by Gasteiger charge is 2.42. The predicted molar refractivity (Wildman–Crippen MR) is 72.0 cm³/mol.